The van der Waals surface area contributed by atoms with Crippen LogP contribution in [0.15, 0.2) is 53.7 Å². The molecule has 23 heavy (non-hydrogen) atoms. The highest BCUT2D eigenvalue weighted by molar-refractivity contribution is 8.00. The number of hydrogen-bond acceptors (Lipinski definition) is 4. The van der Waals surface area contributed by atoms with Crippen molar-refractivity contribution in [3.63, 3.8) is 0 Å². The Morgan fingerprint density at radius 1 is 1.35 bits per heavy atom. The van der Waals surface area contributed by atoms with Gasteiger partial charge in [-0.3, -0.25) is 9.78 Å². The first-order valence-corrected chi connectivity index (χ1v) is 8.90. The van der Waals surface area contributed by atoms with Crippen LogP contribution in [0.4, 0.5) is 5.69 Å². The van der Waals surface area contributed by atoms with Gasteiger partial charge in [-0.1, -0.05) is 17.7 Å². The van der Waals surface area contributed by atoms with E-state index in [4.69, 9.17) is 11.6 Å². The van der Waals surface area contributed by atoms with Crippen LogP contribution in [0.1, 0.15) is 6.42 Å². The summed E-state index contributed by atoms with van der Waals surface area (Å²) in [6.07, 6.45) is 4.43. The van der Waals surface area contributed by atoms with Crippen LogP contribution in [-0.4, -0.2) is 35.8 Å². The lowest BCUT2D eigenvalue weighted by atomic mass is 10.2. The summed E-state index contributed by atoms with van der Waals surface area (Å²) < 4.78 is 0. The first-order valence-electron chi connectivity index (χ1n) is 7.53. The Hall–Kier alpha value is -1.72. The standard InChI is InChI=1S/C17H18ClN3OS/c18-13-2-1-3-15(10-13)21-9-6-14(11-21)20-17(22)12-23-16-4-7-19-8-5-16/h1-5,7-8,10,14H,6,9,11-12H2,(H,20,22)/t14-/m0/s1. The third-order valence-electron chi connectivity index (χ3n) is 3.75. The summed E-state index contributed by atoms with van der Waals surface area (Å²) in [5.41, 5.74) is 1.11. The van der Waals surface area contributed by atoms with Crippen molar-refractivity contribution < 1.29 is 4.79 Å². The molecule has 4 nitrogen and oxygen atoms in total. The van der Waals surface area contributed by atoms with Gasteiger partial charge in [-0.15, -0.1) is 11.8 Å². The van der Waals surface area contributed by atoms with Crippen molar-refractivity contribution in [3.8, 4) is 0 Å². The highest BCUT2D eigenvalue weighted by Gasteiger charge is 2.24. The number of halogens is 1. The first kappa shape index (κ1) is 16.1. The van der Waals surface area contributed by atoms with Crippen molar-refractivity contribution in [2.75, 3.05) is 23.7 Å². The van der Waals surface area contributed by atoms with Crippen LogP contribution in [0.3, 0.4) is 0 Å². The summed E-state index contributed by atoms with van der Waals surface area (Å²) in [6.45, 7) is 1.76. The molecule has 0 bridgehead atoms. The van der Waals surface area contributed by atoms with Crippen LogP contribution < -0.4 is 10.2 Å². The maximum absolute atomic E-state index is 12.1. The number of hydrogen-bond donors (Lipinski definition) is 1. The van der Waals surface area contributed by atoms with Gasteiger partial charge in [0.1, 0.15) is 0 Å². The molecule has 1 N–H and O–H groups in total. The number of pyridine rings is 1. The highest BCUT2D eigenvalue weighted by atomic mass is 35.5. The highest BCUT2D eigenvalue weighted by Crippen LogP contribution is 2.23. The van der Waals surface area contributed by atoms with Crippen LogP contribution in [-0.2, 0) is 4.79 Å². The second-order valence-electron chi connectivity index (χ2n) is 5.45. The molecule has 1 fully saturated rings. The van der Waals surface area contributed by atoms with E-state index in [9.17, 15) is 4.79 Å². The quantitative estimate of drug-likeness (QED) is 0.843. The number of anilines is 1. The van der Waals surface area contributed by atoms with Crippen molar-refractivity contribution in [3.05, 3.63) is 53.8 Å². The van der Waals surface area contributed by atoms with E-state index in [1.54, 1.807) is 12.4 Å². The van der Waals surface area contributed by atoms with Crippen molar-refractivity contribution >= 4 is 35.0 Å². The zero-order valence-electron chi connectivity index (χ0n) is 12.6. The monoisotopic (exact) mass is 347 g/mol. The van der Waals surface area contributed by atoms with E-state index in [0.29, 0.717) is 5.75 Å². The number of rotatable bonds is 5. The number of nitrogens with zero attached hydrogens (tertiary/aromatic N) is 2. The normalized spacial score (nSPS) is 17.3. The minimum Gasteiger partial charge on any atom is -0.369 e. The summed E-state index contributed by atoms with van der Waals surface area (Å²) in [6, 6.07) is 11.9. The van der Waals surface area contributed by atoms with Gasteiger partial charge in [0.05, 0.1) is 5.75 Å². The molecule has 0 radical (unpaired) electrons. The molecule has 1 aromatic carbocycles. The zero-order valence-corrected chi connectivity index (χ0v) is 14.2. The molecule has 120 valence electrons. The van der Waals surface area contributed by atoms with Crippen molar-refractivity contribution in [2.45, 2.75) is 17.4 Å². The molecule has 2 heterocycles. The zero-order chi connectivity index (χ0) is 16.1. The fourth-order valence-corrected chi connectivity index (χ4v) is 3.52. The van der Waals surface area contributed by atoms with E-state index < -0.39 is 0 Å². The SMILES string of the molecule is O=C(CSc1ccncc1)N[C@H]1CCN(c2cccc(Cl)c2)C1. The average Bonchev–Trinajstić information content (AvgIpc) is 3.02. The van der Waals surface area contributed by atoms with E-state index in [0.717, 1.165) is 35.1 Å². The molecule has 0 saturated carbocycles. The minimum absolute atomic E-state index is 0.0738. The van der Waals surface area contributed by atoms with Gasteiger partial charge >= 0.3 is 0 Å². The Balaban J connectivity index is 1.47. The Bertz CT molecular complexity index is 668. The van der Waals surface area contributed by atoms with Gasteiger partial charge < -0.3 is 10.2 Å². The molecule has 2 aromatic rings. The number of amides is 1. The number of benzene rings is 1. The predicted molar refractivity (Wildman–Crippen MR) is 95.2 cm³/mol. The van der Waals surface area contributed by atoms with E-state index in [1.807, 2.05) is 30.3 Å². The van der Waals surface area contributed by atoms with Crippen molar-refractivity contribution in [1.29, 1.82) is 0 Å². The summed E-state index contributed by atoms with van der Waals surface area (Å²) in [5, 5.41) is 3.85. The molecule has 1 aliphatic rings. The summed E-state index contributed by atoms with van der Waals surface area (Å²) in [5.74, 6) is 0.502. The molecule has 0 unspecified atom stereocenters. The Labute approximate surface area is 145 Å². The summed E-state index contributed by atoms with van der Waals surface area (Å²) in [7, 11) is 0. The Morgan fingerprint density at radius 3 is 2.96 bits per heavy atom. The van der Waals surface area contributed by atoms with Crippen LogP contribution in [0.5, 0.6) is 0 Å². The largest absolute Gasteiger partial charge is 0.369 e. The lowest BCUT2D eigenvalue weighted by Crippen LogP contribution is -2.38. The molecule has 1 aromatic heterocycles. The maximum atomic E-state index is 12.1. The first-order chi connectivity index (χ1) is 11.2. The van der Waals surface area contributed by atoms with E-state index in [-0.39, 0.29) is 11.9 Å². The Morgan fingerprint density at radius 2 is 2.17 bits per heavy atom. The molecule has 6 heteroatoms. The summed E-state index contributed by atoms with van der Waals surface area (Å²) in [4.78, 5) is 19.4. The third kappa shape index (κ3) is 4.62. The maximum Gasteiger partial charge on any atom is 0.230 e. The number of carbonyl (C=O) groups excluding carboxylic acids is 1. The van der Waals surface area contributed by atoms with Crippen LogP contribution in [0, 0.1) is 0 Å². The smallest absolute Gasteiger partial charge is 0.230 e. The lowest BCUT2D eigenvalue weighted by Gasteiger charge is -2.19. The van der Waals surface area contributed by atoms with Crippen LogP contribution in [0.25, 0.3) is 0 Å². The third-order valence-corrected chi connectivity index (χ3v) is 4.99. The molecule has 0 spiro atoms. The lowest BCUT2D eigenvalue weighted by molar-refractivity contribution is -0.119. The Kier molecular flexibility index (Phi) is 5.41. The predicted octanol–water partition coefficient (Wildman–Crippen LogP) is 3.22. The number of carbonyl (C=O) groups is 1. The fraction of sp³-hybridized carbons (Fsp3) is 0.294. The molecule has 1 aliphatic heterocycles. The number of aromatic nitrogens is 1. The van der Waals surface area contributed by atoms with E-state index in [1.165, 1.54) is 11.8 Å². The van der Waals surface area contributed by atoms with Gasteiger partial charge in [-0.25, -0.2) is 0 Å². The topological polar surface area (TPSA) is 45.2 Å². The summed E-state index contributed by atoms with van der Waals surface area (Å²) >= 11 is 7.57. The van der Waals surface area contributed by atoms with Gasteiger partial charge in [-0.2, -0.15) is 0 Å². The number of nitrogens with one attached hydrogen (secondary N) is 1. The second kappa shape index (κ2) is 7.70. The molecular formula is C17H18ClN3OS. The van der Waals surface area contributed by atoms with Crippen LogP contribution in [0.2, 0.25) is 5.02 Å². The molecule has 1 saturated heterocycles. The molecule has 3 rings (SSSR count). The van der Waals surface area contributed by atoms with Gasteiger partial charge in [0.15, 0.2) is 0 Å². The molecular weight excluding hydrogens is 330 g/mol. The van der Waals surface area contributed by atoms with Crippen molar-refractivity contribution in [2.24, 2.45) is 0 Å². The van der Waals surface area contributed by atoms with Gasteiger partial charge in [0.25, 0.3) is 0 Å². The molecule has 0 aliphatic carbocycles. The minimum atomic E-state index is 0.0738. The fourth-order valence-electron chi connectivity index (χ4n) is 2.64. The van der Waals surface area contributed by atoms with E-state index >= 15 is 0 Å². The van der Waals surface area contributed by atoms with Gasteiger partial charge in [-0.05, 0) is 36.8 Å². The molecule has 1 atom stereocenters. The number of thioether (sulfide) groups is 1. The van der Waals surface area contributed by atoms with E-state index in [2.05, 4.69) is 21.3 Å². The van der Waals surface area contributed by atoms with Crippen LogP contribution >= 0.6 is 23.4 Å². The van der Waals surface area contributed by atoms with Gasteiger partial charge in [0.2, 0.25) is 5.91 Å². The molecule has 1 amide bonds. The van der Waals surface area contributed by atoms with Crippen molar-refractivity contribution in [1.82, 2.24) is 10.3 Å². The van der Waals surface area contributed by atoms with Gasteiger partial charge in [0, 0.05) is 47.1 Å². The second-order valence-corrected chi connectivity index (χ2v) is 6.94. The average molecular weight is 348 g/mol.